The SMILES string of the molecule is NC(=O)NCCNC(=O)c1cccc(NC(=O)c2ccco2)c1. The topological polar surface area (TPSA) is 126 Å². The Balaban J connectivity index is 1.92. The predicted octanol–water partition coefficient (Wildman–Crippen LogP) is 0.930. The van der Waals surface area contributed by atoms with Gasteiger partial charge in [-0.3, -0.25) is 9.59 Å². The lowest BCUT2D eigenvalue weighted by Crippen LogP contribution is -2.37. The van der Waals surface area contributed by atoms with Gasteiger partial charge in [-0.05, 0) is 30.3 Å². The largest absolute Gasteiger partial charge is 0.459 e. The molecule has 2 aromatic rings. The van der Waals surface area contributed by atoms with Crippen molar-refractivity contribution >= 4 is 23.5 Å². The van der Waals surface area contributed by atoms with E-state index in [0.717, 1.165) is 0 Å². The standard InChI is InChI=1S/C15H16N4O4/c16-15(22)18-7-6-17-13(20)10-3-1-4-11(9-10)19-14(21)12-5-2-8-23-12/h1-5,8-9H,6-7H2,(H,17,20)(H,19,21)(H3,16,18,22). The van der Waals surface area contributed by atoms with Crippen LogP contribution in [0, 0.1) is 0 Å². The summed E-state index contributed by atoms with van der Waals surface area (Å²) in [6.45, 7) is 0.473. The van der Waals surface area contributed by atoms with Crippen molar-refractivity contribution in [3.05, 3.63) is 54.0 Å². The van der Waals surface area contributed by atoms with E-state index in [-0.39, 0.29) is 24.8 Å². The summed E-state index contributed by atoms with van der Waals surface area (Å²) in [4.78, 5) is 34.4. The van der Waals surface area contributed by atoms with Gasteiger partial charge < -0.3 is 26.1 Å². The van der Waals surface area contributed by atoms with E-state index in [2.05, 4.69) is 16.0 Å². The van der Waals surface area contributed by atoms with Crippen LogP contribution in [0.4, 0.5) is 10.5 Å². The highest BCUT2D eigenvalue weighted by Crippen LogP contribution is 2.12. The molecule has 4 amide bonds. The van der Waals surface area contributed by atoms with E-state index in [9.17, 15) is 14.4 Å². The van der Waals surface area contributed by atoms with E-state index in [1.165, 1.54) is 18.4 Å². The van der Waals surface area contributed by atoms with E-state index in [1.807, 2.05) is 0 Å². The number of hydrogen-bond acceptors (Lipinski definition) is 4. The second-order valence-corrected chi connectivity index (χ2v) is 4.56. The van der Waals surface area contributed by atoms with Gasteiger partial charge in [0.05, 0.1) is 6.26 Å². The van der Waals surface area contributed by atoms with Crippen LogP contribution in [0.5, 0.6) is 0 Å². The molecule has 0 aliphatic carbocycles. The fourth-order valence-electron chi connectivity index (χ4n) is 1.80. The van der Waals surface area contributed by atoms with Gasteiger partial charge in [-0.2, -0.15) is 0 Å². The highest BCUT2D eigenvalue weighted by atomic mass is 16.3. The van der Waals surface area contributed by atoms with E-state index < -0.39 is 11.9 Å². The molecule has 8 heteroatoms. The molecule has 5 N–H and O–H groups in total. The molecule has 8 nitrogen and oxygen atoms in total. The maximum Gasteiger partial charge on any atom is 0.312 e. The van der Waals surface area contributed by atoms with Gasteiger partial charge in [0.25, 0.3) is 11.8 Å². The van der Waals surface area contributed by atoms with Crippen molar-refractivity contribution in [3.8, 4) is 0 Å². The molecule has 120 valence electrons. The fraction of sp³-hybridized carbons (Fsp3) is 0.133. The lowest BCUT2D eigenvalue weighted by Gasteiger charge is -2.08. The van der Waals surface area contributed by atoms with E-state index in [0.29, 0.717) is 11.3 Å². The predicted molar refractivity (Wildman–Crippen MR) is 83.0 cm³/mol. The monoisotopic (exact) mass is 316 g/mol. The Morgan fingerprint density at radius 1 is 1.00 bits per heavy atom. The Labute approximate surface area is 132 Å². The molecular weight excluding hydrogens is 300 g/mol. The first-order valence-corrected chi connectivity index (χ1v) is 6.82. The Morgan fingerprint density at radius 3 is 2.48 bits per heavy atom. The minimum atomic E-state index is -0.651. The zero-order valence-corrected chi connectivity index (χ0v) is 12.2. The second-order valence-electron chi connectivity index (χ2n) is 4.56. The molecular formula is C15H16N4O4. The summed E-state index contributed by atoms with van der Waals surface area (Å²) in [5.41, 5.74) is 5.76. The maximum atomic E-state index is 12.0. The molecule has 0 spiro atoms. The van der Waals surface area contributed by atoms with Crippen molar-refractivity contribution in [2.45, 2.75) is 0 Å². The molecule has 0 bridgehead atoms. The highest BCUT2D eigenvalue weighted by Gasteiger charge is 2.10. The van der Waals surface area contributed by atoms with Crippen molar-refractivity contribution in [3.63, 3.8) is 0 Å². The van der Waals surface area contributed by atoms with Gasteiger partial charge in [0.1, 0.15) is 0 Å². The number of rotatable bonds is 6. The number of carbonyl (C=O) groups is 3. The van der Waals surface area contributed by atoms with Gasteiger partial charge in [-0.25, -0.2) is 4.79 Å². The first kappa shape index (κ1) is 16.1. The summed E-state index contributed by atoms with van der Waals surface area (Å²) in [5.74, 6) is -0.555. The van der Waals surface area contributed by atoms with E-state index in [4.69, 9.17) is 10.2 Å². The van der Waals surface area contributed by atoms with Crippen LogP contribution >= 0.6 is 0 Å². The normalized spacial score (nSPS) is 9.91. The van der Waals surface area contributed by atoms with Crippen LogP contribution in [-0.2, 0) is 0 Å². The Hall–Kier alpha value is -3.29. The van der Waals surface area contributed by atoms with Gasteiger partial charge in [0.2, 0.25) is 0 Å². The van der Waals surface area contributed by atoms with Crippen molar-refractivity contribution in [2.75, 3.05) is 18.4 Å². The average molecular weight is 316 g/mol. The number of nitrogens with two attached hydrogens (primary N) is 1. The summed E-state index contributed by atoms with van der Waals surface area (Å²) in [6.07, 6.45) is 1.40. The quantitative estimate of drug-likeness (QED) is 0.591. The van der Waals surface area contributed by atoms with Crippen molar-refractivity contribution in [1.29, 1.82) is 0 Å². The molecule has 1 aromatic heterocycles. The summed E-state index contributed by atoms with van der Waals surface area (Å²) in [6, 6.07) is 8.95. The maximum absolute atomic E-state index is 12.0. The van der Waals surface area contributed by atoms with E-state index in [1.54, 1.807) is 24.3 Å². The van der Waals surface area contributed by atoms with Crippen molar-refractivity contribution in [1.82, 2.24) is 10.6 Å². The molecule has 0 saturated heterocycles. The summed E-state index contributed by atoms with van der Waals surface area (Å²) in [5, 5.41) is 7.62. The van der Waals surface area contributed by atoms with Gasteiger partial charge in [-0.1, -0.05) is 6.07 Å². The zero-order chi connectivity index (χ0) is 16.7. The van der Waals surface area contributed by atoms with Gasteiger partial charge in [-0.15, -0.1) is 0 Å². The van der Waals surface area contributed by atoms with Crippen molar-refractivity contribution < 1.29 is 18.8 Å². The molecule has 1 aromatic carbocycles. The molecule has 23 heavy (non-hydrogen) atoms. The van der Waals surface area contributed by atoms with Crippen LogP contribution in [0.15, 0.2) is 47.1 Å². The second kappa shape index (κ2) is 7.64. The molecule has 1 heterocycles. The average Bonchev–Trinajstić information content (AvgIpc) is 3.06. The first-order chi connectivity index (χ1) is 11.1. The third kappa shape index (κ3) is 4.88. The number of amides is 4. The number of hydrogen-bond donors (Lipinski definition) is 4. The molecule has 0 unspecified atom stereocenters. The molecule has 0 aliphatic heterocycles. The van der Waals surface area contributed by atoms with Gasteiger partial charge in [0.15, 0.2) is 5.76 Å². The summed E-state index contributed by atoms with van der Waals surface area (Å²) < 4.78 is 4.99. The fourth-order valence-corrected chi connectivity index (χ4v) is 1.80. The van der Waals surface area contributed by atoms with Crippen LogP contribution < -0.4 is 21.7 Å². The molecule has 0 saturated carbocycles. The number of benzene rings is 1. The minimum absolute atomic E-state index is 0.178. The first-order valence-electron chi connectivity index (χ1n) is 6.82. The summed E-state index contributed by atoms with van der Waals surface area (Å²) in [7, 11) is 0. The Morgan fingerprint density at radius 2 is 1.78 bits per heavy atom. The lowest BCUT2D eigenvalue weighted by atomic mass is 10.2. The number of urea groups is 1. The van der Waals surface area contributed by atoms with Crippen molar-refractivity contribution in [2.24, 2.45) is 5.73 Å². The summed E-state index contributed by atoms with van der Waals surface area (Å²) >= 11 is 0. The van der Waals surface area contributed by atoms with Crippen LogP contribution in [-0.4, -0.2) is 30.9 Å². The Kier molecular flexibility index (Phi) is 5.35. The third-order valence-corrected chi connectivity index (χ3v) is 2.84. The lowest BCUT2D eigenvalue weighted by molar-refractivity contribution is 0.0951. The third-order valence-electron chi connectivity index (χ3n) is 2.84. The zero-order valence-electron chi connectivity index (χ0n) is 12.2. The Bertz CT molecular complexity index is 697. The molecule has 2 rings (SSSR count). The van der Waals surface area contributed by atoms with Gasteiger partial charge in [0, 0.05) is 24.3 Å². The number of anilines is 1. The molecule has 0 atom stereocenters. The van der Waals surface area contributed by atoms with Crippen LogP contribution in [0.1, 0.15) is 20.9 Å². The van der Waals surface area contributed by atoms with Gasteiger partial charge >= 0.3 is 6.03 Å². The van der Waals surface area contributed by atoms with Crippen LogP contribution in [0.25, 0.3) is 0 Å². The molecule has 0 fully saturated rings. The molecule has 0 radical (unpaired) electrons. The minimum Gasteiger partial charge on any atom is -0.459 e. The number of carbonyl (C=O) groups excluding carboxylic acids is 3. The molecule has 0 aliphatic rings. The van der Waals surface area contributed by atoms with E-state index >= 15 is 0 Å². The van der Waals surface area contributed by atoms with Crippen LogP contribution in [0.3, 0.4) is 0 Å². The van der Waals surface area contributed by atoms with Crippen LogP contribution in [0.2, 0.25) is 0 Å². The number of primary amides is 1. The smallest absolute Gasteiger partial charge is 0.312 e. The highest BCUT2D eigenvalue weighted by molar-refractivity contribution is 6.03. The number of nitrogens with one attached hydrogen (secondary N) is 3. The number of furan rings is 1.